The van der Waals surface area contributed by atoms with E-state index in [1.165, 1.54) is 6.92 Å². The van der Waals surface area contributed by atoms with Crippen LogP contribution in [0.25, 0.3) is 0 Å². The molecule has 0 aromatic rings. The number of hydrogen-bond acceptors (Lipinski definition) is 7. The maximum atomic E-state index is 11.1. The van der Waals surface area contributed by atoms with E-state index in [0.717, 1.165) is 0 Å². The molecule has 0 saturated heterocycles. The average molecular weight is 284 g/mol. The Bertz CT molecular complexity index is 451. The standard InChI is InChI=1S/C8H12O9S/c1-2-18(15,16)17-6(11)4-8(14,7(12)13)3-5(9)10/h14H,2-4H2,1H3,(H,9,10)(H,12,13). The number of carboxylic acids is 2. The minimum absolute atomic E-state index is 0.525. The van der Waals surface area contributed by atoms with E-state index >= 15 is 0 Å². The number of rotatable bonds is 7. The van der Waals surface area contributed by atoms with Crippen LogP contribution in [0.5, 0.6) is 0 Å². The summed E-state index contributed by atoms with van der Waals surface area (Å²) in [5.74, 6) is -5.69. The fourth-order valence-corrected chi connectivity index (χ4v) is 1.39. The molecule has 1 atom stereocenters. The van der Waals surface area contributed by atoms with E-state index in [1.54, 1.807) is 0 Å². The van der Waals surface area contributed by atoms with Crippen molar-refractivity contribution in [3.8, 4) is 0 Å². The first-order valence-electron chi connectivity index (χ1n) is 4.65. The van der Waals surface area contributed by atoms with E-state index < -0.39 is 52.2 Å². The molecular weight excluding hydrogens is 272 g/mol. The zero-order chi connectivity index (χ0) is 14.6. The van der Waals surface area contributed by atoms with E-state index in [0.29, 0.717) is 0 Å². The van der Waals surface area contributed by atoms with Crippen LogP contribution in [-0.4, -0.2) is 53.0 Å². The van der Waals surface area contributed by atoms with Gasteiger partial charge in [0.2, 0.25) is 0 Å². The third kappa shape index (κ3) is 5.10. The molecule has 0 aliphatic carbocycles. The molecule has 0 amide bonds. The molecule has 0 saturated carbocycles. The van der Waals surface area contributed by atoms with Gasteiger partial charge in [-0.25, -0.2) is 4.79 Å². The van der Waals surface area contributed by atoms with Crippen molar-refractivity contribution in [3.63, 3.8) is 0 Å². The van der Waals surface area contributed by atoms with Gasteiger partial charge >= 0.3 is 28.0 Å². The number of carboxylic acid groups (broad SMARTS) is 2. The minimum atomic E-state index is -4.15. The molecule has 0 aromatic carbocycles. The average Bonchev–Trinajstić information content (AvgIpc) is 2.14. The highest BCUT2D eigenvalue weighted by Gasteiger charge is 2.42. The molecule has 3 N–H and O–H groups in total. The van der Waals surface area contributed by atoms with Crippen LogP contribution in [0.4, 0.5) is 0 Å². The summed E-state index contributed by atoms with van der Waals surface area (Å²) in [6.45, 7) is 1.18. The van der Waals surface area contributed by atoms with E-state index in [1.807, 2.05) is 0 Å². The Kier molecular flexibility index (Phi) is 5.24. The highest BCUT2D eigenvalue weighted by Crippen LogP contribution is 2.17. The van der Waals surface area contributed by atoms with Crippen LogP contribution < -0.4 is 0 Å². The molecule has 0 aliphatic rings. The normalized spacial score (nSPS) is 14.6. The Morgan fingerprint density at radius 2 is 1.67 bits per heavy atom. The van der Waals surface area contributed by atoms with Gasteiger partial charge in [-0.2, -0.15) is 8.42 Å². The van der Waals surface area contributed by atoms with Crippen molar-refractivity contribution in [1.82, 2.24) is 0 Å². The van der Waals surface area contributed by atoms with Crippen LogP contribution in [0, 0.1) is 0 Å². The third-order valence-electron chi connectivity index (χ3n) is 1.85. The predicted octanol–water partition coefficient (Wildman–Crippen LogP) is -1.44. The predicted molar refractivity (Wildman–Crippen MR) is 55.0 cm³/mol. The van der Waals surface area contributed by atoms with Crippen molar-refractivity contribution in [2.75, 3.05) is 5.75 Å². The summed E-state index contributed by atoms with van der Waals surface area (Å²) in [4.78, 5) is 32.1. The molecule has 0 heterocycles. The van der Waals surface area contributed by atoms with Crippen molar-refractivity contribution in [2.45, 2.75) is 25.4 Å². The number of aliphatic carboxylic acids is 2. The summed E-state index contributed by atoms with van der Waals surface area (Å²) in [5, 5.41) is 26.4. The van der Waals surface area contributed by atoms with Gasteiger partial charge in [0.1, 0.15) is 0 Å². The van der Waals surface area contributed by atoms with Crippen LogP contribution in [0.2, 0.25) is 0 Å². The lowest BCUT2D eigenvalue weighted by atomic mass is 9.96. The number of carbonyl (C=O) groups is 3. The molecule has 0 rings (SSSR count). The highest BCUT2D eigenvalue weighted by molar-refractivity contribution is 7.87. The molecule has 0 spiro atoms. The van der Waals surface area contributed by atoms with E-state index in [4.69, 9.17) is 10.2 Å². The van der Waals surface area contributed by atoms with Gasteiger partial charge in [0.15, 0.2) is 5.60 Å². The quantitative estimate of drug-likeness (QED) is 0.476. The van der Waals surface area contributed by atoms with Crippen molar-refractivity contribution < 1.29 is 42.3 Å². The fraction of sp³-hybridized carbons (Fsp3) is 0.625. The van der Waals surface area contributed by atoms with Gasteiger partial charge in [-0.05, 0) is 6.92 Å². The lowest BCUT2D eigenvalue weighted by Gasteiger charge is -2.19. The summed E-state index contributed by atoms with van der Waals surface area (Å²) >= 11 is 0. The number of carbonyl (C=O) groups excluding carboxylic acids is 1. The van der Waals surface area contributed by atoms with Crippen LogP contribution >= 0.6 is 0 Å². The van der Waals surface area contributed by atoms with Gasteiger partial charge in [-0.15, -0.1) is 0 Å². The summed E-state index contributed by atoms with van der Waals surface area (Å²) < 4.78 is 25.7. The number of aliphatic hydroxyl groups is 1. The van der Waals surface area contributed by atoms with Gasteiger partial charge in [-0.3, -0.25) is 9.59 Å². The second-order valence-electron chi connectivity index (χ2n) is 3.39. The van der Waals surface area contributed by atoms with E-state index in [9.17, 15) is 27.9 Å². The molecule has 1 unspecified atom stereocenters. The molecular formula is C8H12O9S. The minimum Gasteiger partial charge on any atom is -0.481 e. The Morgan fingerprint density at radius 1 is 1.17 bits per heavy atom. The molecule has 0 aliphatic heterocycles. The first-order valence-corrected chi connectivity index (χ1v) is 6.22. The molecule has 0 radical (unpaired) electrons. The van der Waals surface area contributed by atoms with Crippen LogP contribution in [0.3, 0.4) is 0 Å². The van der Waals surface area contributed by atoms with E-state index in [-0.39, 0.29) is 0 Å². The number of hydrogen-bond donors (Lipinski definition) is 3. The molecule has 18 heavy (non-hydrogen) atoms. The highest BCUT2D eigenvalue weighted by atomic mass is 32.2. The maximum absolute atomic E-state index is 11.1. The smallest absolute Gasteiger partial charge is 0.336 e. The third-order valence-corrected chi connectivity index (χ3v) is 3.00. The second kappa shape index (κ2) is 5.78. The summed E-state index contributed by atoms with van der Waals surface area (Å²) in [5.41, 5.74) is -2.91. The SMILES string of the molecule is CCS(=O)(=O)OC(=O)CC(O)(CC(=O)O)C(=O)O. The van der Waals surface area contributed by atoms with Crippen molar-refractivity contribution in [3.05, 3.63) is 0 Å². The maximum Gasteiger partial charge on any atom is 0.336 e. The monoisotopic (exact) mass is 284 g/mol. The Labute approximate surface area is 102 Å². The van der Waals surface area contributed by atoms with Gasteiger partial charge in [-0.1, -0.05) is 0 Å². The molecule has 0 bridgehead atoms. The second-order valence-corrected chi connectivity index (χ2v) is 5.25. The topological polar surface area (TPSA) is 155 Å². The van der Waals surface area contributed by atoms with Crippen LogP contribution in [0.1, 0.15) is 19.8 Å². The Morgan fingerprint density at radius 3 is 2.00 bits per heavy atom. The Balaban J connectivity index is 4.86. The van der Waals surface area contributed by atoms with E-state index in [2.05, 4.69) is 4.18 Å². The van der Waals surface area contributed by atoms with Gasteiger partial charge in [0.25, 0.3) is 0 Å². The van der Waals surface area contributed by atoms with Crippen LogP contribution in [-0.2, 0) is 28.7 Å². The first kappa shape index (κ1) is 16.3. The van der Waals surface area contributed by atoms with Crippen molar-refractivity contribution in [1.29, 1.82) is 0 Å². The zero-order valence-corrected chi connectivity index (χ0v) is 10.1. The molecule has 9 nitrogen and oxygen atoms in total. The van der Waals surface area contributed by atoms with Crippen molar-refractivity contribution >= 4 is 28.0 Å². The largest absolute Gasteiger partial charge is 0.481 e. The Hall–Kier alpha value is -1.68. The summed E-state index contributed by atoms with van der Waals surface area (Å²) in [6.07, 6.45) is -2.54. The molecule has 10 heteroatoms. The molecule has 0 fully saturated rings. The zero-order valence-electron chi connectivity index (χ0n) is 9.32. The fourth-order valence-electron chi connectivity index (χ4n) is 0.933. The summed E-state index contributed by atoms with van der Waals surface area (Å²) in [6, 6.07) is 0. The lowest BCUT2D eigenvalue weighted by molar-refractivity contribution is -0.169. The molecule has 0 aromatic heterocycles. The lowest BCUT2D eigenvalue weighted by Crippen LogP contribution is -2.43. The molecule has 104 valence electrons. The van der Waals surface area contributed by atoms with Gasteiger partial charge < -0.3 is 19.5 Å². The van der Waals surface area contributed by atoms with Crippen molar-refractivity contribution in [2.24, 2.45) is 0 Å². The summed E-state index contributed by atoms with van der Waals surface area (Å²) in [7, 11) is -4.15. The first-order chi connectivity index (χ1) is 8.02. The van der Waals surface area contributed by atoms with Gasteiger partial charge in [0, 0.05) is 0 Å². The van der Waals surface area contributed by atoms with Crippen LogP contribution in [0.15, 0.2) is 0 Å². The van der Waals surface area contributed by atoms with Gasteiger partial charge in [0.05, 0.1) is 18.6 Å².